The number of halogens is 3. The number of nitrogens with zero attached hydrogens (tertiary/aromatic N) is 1. The van der Waals surface area contributed by atoms with Gasteiger partial charge in [0, 0.05) is 0 Å². The normalized spacial score (nSPS) is 12.0. The van der Waals surface area contributed by atoms with Gasteiger partial charge in [-0.15, -0.1) is 0 Å². The number of rotatable bonds is 6. The van der Waals surface area contributed by atoms with Crippen molar-refractivity contribution < 1.29 is 21.6 Å². The number of sulfonamides is 1. The van der Waals surface area contributed by atoms with Crippen molar-refractivity contribution >= 4 is 27.2 Å². The van der Waals surface area contributed by atoms with Gasteiger partial charge in [-0.25, -0.2) is 13.4 Å². The number of pyridine rings is 1. The van der Waals surface area contributed by atoms with E-state index < -0.39 is 21.8 Å². The van der Waals surface area contributed by atoms with Gasteiger partial charge in [-0.1, -0.05) is 19.1 Å². The summed E-state index contributed by atoms with van der Waals surface area (Å²) in [6.45, 7) is 1.74. The van der Waals surface area contributed by atoms with Crippen LogP contribution in [0.1, 0.15) is 18.9 Å². The highest BCUT2D eigenvalue weighted by atomic mass is 32.2. The Kier molecular flexibility index (Phi) is 5.33. The smallest absolute Gasteiger partial charge is 0.340 e. The second-order valence-corrected chi connectivity index (χ2v) is 6.86. The van der Waals surface area contributed by atoms with E-state index in [0.29, 0.717) is 6.42 Å². The third-order valence-electron chi connectivity index (χ3n) is 3.00. The number of nitrogens with one attached hydrogen (secondary N) is 2. The van der Waals surface area contributed by atoms with Gasteiger partial charge in [-0.2, -0.15) is 13.2 Å². The van der Waals surface area contributed by atoms with Crippen LogP contribution in [0.5, 0.6) is 0 Å². The Balaban J connectivity index is 2.16. The van der Waals surface area contributed by atoms with Gasteiger partial charge in [0.05, 0.1) is 28.9 Å². The molecule has 0 bridgehead atoms. The third-order valence-corrected chi connectivity index (χ3v) is 4.50. The van der Waals surface area contributed by atoms with E-state index >= 15 is 0 Å². The predicted molar refractivity (Wildman–Crippen MR) is 86.7 cm³/mol. The van der Waals surface area contributed by atoms with Gasteiger partial charge in [-0.05, 0) is 30.7 Å². The summed E-state index contributed by atoms with van der Waals surface area (Å²) >= 11 is 0. The summed E-state index contributed by atoms with van der Waals surface area (Å²) < 4.78 is 64.5. The van der Waals surface area contributed by atoms with Crippen molar-refractivity contribution in [2.75, 3.05) is 15.8 Å². The molecular weight excluding hydrogens is 343 g/mol. The molecule has 2 aromatic rings. The van der Waals surface area contributed by atoms with Crippen LogP contribution < -0.4 is 10.0 Å². The molecule has 1 heterocycles. The van der Waals surface area contributed by atoms with Crippen molar-refractivity contribution in [3.63, 3.8) is 0 Å². The lowest BCUT2D eigenvalue weighted by molar-refractivity contribution is -0.136. The standard InChI is InChI=1S/C15H16F3N3O2S/c1-2-9-24(22,23)21-11-7-8-14(19-10-11)20-13-6-4-3-5-12(13)15(16,17)18/h3-8,10,21H,2,9H2,1H3,(H,19,20). The van der Waals surface area contributed by atoms with Gasteiger partial charge >= 0.3 is 6.18 Å². The minimum absolute atomic E-state index is 0.0219. The quantitative estimate of drug-likeness (QED) is 0.818. The van der Waals surface area contributed by atoms with E-state index in [0.717, 1.165) is 6.07 Å². The summed E-state index contributed by atoms with van der Waals surface area (Å²) in [7, 11) is -3.44. The maximum Gasteiger partial charge on any atom is 0.418 e. The van der Waals surface area contributed by atoms with E-state index in [-0.39, 0.29) is 22.9 Å². The summed E-state index contributed by atoms with van der Waals surface area (Å²) in [5.74, 6) is 0.150. The third kappa shape index (κ3) is 4.85. The lowest BCUT2D eigenvalue weighted by atomic mass is 10.1. The Bertz CT molecular complexity index is 790. The van der Waals surface area contributed by atoms with Crippen LogP contribution in [0.2, 0.25) is 0 Å². The van der Waals surface area contributed by atoms with Crippen LogP contribution in [-0.4, -0.2) is 19.2 Å². The highest BCUT2D eigenvalue weighted by molar-refractivity contribution is 7.92. The van der Waals surface area contributed by atoms with Crippen LogP contribution in [0.25, 0.3) is 0 Å². The van der Waals surface area contributed by atoms with Crippen LogP contribution >= 0.6 is 0 Å². The van der Waals surface area contributed by atoms with Crippen LogP contribution in [0.15, 0.2) is 42.6 Å². The zero-order valence-electron chi connectivity index (χ0n) is 12.8. The first-order valence-corrected chi connectivity index (χ1v) is 8.76. The molecule has 0 aliphatic carbocycles. The van der Waals surface area contributed by atoms with E-state index in [1.165, 1.54) is 36.5 Å². The lowest BCUT2D eigenvalue weighted by Gasteiger charge is -2.14. The molecule has 0 radical (unpaired) electrons. The number of para-hydroxylation sites is 1. The zero-order valence-corrected chi connectivity index (χ0v) is 13.6. The molecule has 1 aromatic heterocycles. The second-order valence-electron chi connectivity index (χ2n) is 5.02. The number of hydrogen-bond acceptors (Lipinski definition) is 4. The van der Waals surface area contributed by atoms with E-state index in [1.54, 1.807) is 6.92 Å². The summed E-state index contributed by atoms with van der Waals surface area (Å²) in [5, 5.41) is 2.59. The fourth-order valence-corrected chi connectivity index (χ4v) is 3.12. The first-order chi connectivity index (χ1) is 11.2. The molecule has 0 saturated carbocycles. The van der Waals surface area contributed by atoms with Gasteiger partial charge in [0.1, 0.15) is 5.82 Å². The van der Waals surface area contributed by atoms with Crippen molar-refractivity contribution in [2.45, 2.75) is 19.5 Å². The number of hydrogen-bond donors (Lipinski definition) is 2. The van der Waals surface area contributed by atoms with E-state index in [9.17, 15) is 21.6 Å². The van der Waals surface area contributed by atoms with Crippen molar-refractivity contribution in [3.8, 4) is 0 Å². The summed E-state index contributed by atoms with van der Waals surface area (Å²) in [6, 6.07) is 7.87. The van der Waals surface area contributed by atoms with Crippen molar-refractivity contribution in [2.24, 2.45) is 0 Å². The number of aromatic nitrogens is 1. The topological polar surface area (TPSA) is 71.1 Å². The molecule has 2 rings (SSSR count). The molecular formula is C15H16F3N3O2S. The molecule has 0 atom stereocenters. The Morgan fingerprint density at radius 1 is 1.12 bits per heavy atom. The van der Waals surface area contributed by atoms with E-state index in [4.69, 9.17) is 0 Å². The number of anilines is 3. The monoisotopic (exact) mass is 359 g/mol. The van der Waals surface area contributed by atoms with Crippen molar-refractivity contribution in [1.29, 1.82) is 0 Å². The summed E-state index contributed by atoms with van der Waals surface area (Å²) in [6.07, 6.45) is -2.78. The van der Waals surface area contributed by atoms with Crippen LogP contribution in [0.4, 0.5) is 30.4 Å². The fraction of sp³-hybridized carbons (Fsp3) is 0.267. The molecule has 0 amide bonds. The maximum absolute atomic E-state index is 12.9. The Morgan fingerprint density at radius 3 is 2.42 bits per heavy atom. The summed E-state index contributed by atoms with van der Waals surface area (Å²) in [4.78, 5) is 3.94. The zero-order chi connectivity index (χ0) is 17.8. The minimum Gasteiger partial charge on any atom is -0.340 e. The molecule has 0 aliphatic rings. The maximum atomic E-state index is 12.9. The number of alkyl halides is 3. The SMILES string of the molecule is CCCS(=O)(=O)Nc1ccc(Nc2ccccc2C(F)(F)F)nc1. The highest BCUT2D eigenvalue weighted by Gasteiger charge is 2.33. The molecule has 1 aromatic carbocycles. The lowest BCUT2D eigenvalue weighted by Crippen LogP contribution is -2.16. The van der Waals surface area contributed by atoms with Crippen molar-refractivity contribution in [1.82, 2.24) is 4.98 Å². The summed E-state index contributed by atoms with van der Waals surface area (Å²) in [5.41, 5.74) is -0.686. The molecule has 5 nitrogen and oxygen atoms in total. The molecule has 2 N–H and O–H groups in total. The first kappa shape index (κ1) is 18.1. The fourth-order valence-electron chi connectivity index (χ4n) is 2.00. The molecule has 0 fully saturated rings. The van der Waals surface area contributed by atoms with Crippen LogP contribution in [-0.2, 0) is 16.2 Å². The Morgan fingerprint density at radius 2 is 1.83 bits per heavy atom. The highest BCUT2D eigenvalue weighted by Crippen LogP contribution is 2.35. The average molecular weight is 359 g/mol. The minimum atomic E-state index is -4.49. The predicted octanol–water partition coefficient (Wildman–Crippen LogP) is 4.00. The molecule has 0 saturated heterocycles. The van der Waals surface area contributed by atoms with Gasteiger partial charge < -0.3 is 5.32 Å². The van der Waals surface area contributed by atoms with Gasteiger partial charge in [-0.3, -0.25) is 4.72 Å². The average Bonchev–Trinajstić information content (AvgIpc) is 2.48. The van der Waals surface area contributed by atoms with Crippen LogP contribution in [0.3, 0.4) is 0 Å². The van der Waals surface area contributed by atoms with E-state index in [1.807, 2.05) is 0 Å². The number of benzene rings is 1. The molecule has 0 unspecified atom stereocenters. The van der Waals surface area contributed by atoms with Crippen LogP contribution in [0, 0.1) is 0 Å². The molecule has 130 valence electrons. The van der Waals surface area contributed by atoms with E-state index in [2.05, 4.69) is 15.0 Å². The molecule has 9 heteroatoms. The molecule has 0 aliphatic heterocycles. The Labute approximate surface area is 138 Å². The molecule has 0 spiro atoms. The largest absolute Gasteiger partial charge is 0.418 e. The molecule has 24 heavy (non-hydrogen) atoms. The first-order valence-electron chi connectivity index (χ1n) is 7.11. The van der Waals surface area contributed by atoms with Crippen molar-refractivity contribution in [3.05, 3.63) is 48.2 Å². The van der Waals surface area contributed by atoms with Gasteiger partial charge in [0.15, 0.2) is 0 Å². The van der Waals surface area contributed by atoms with Gasteiger partial charge in [0.2, 0.25) is 10.0 Å². The van der Waals surface area contributed by atoms with Gasteiger partial charge in [0.25, 0.3) is 0 Å². The second kappa shape index (κ2) is 7.08. The Hall–Kier alpha value is -2.29.